The van der Waals surface area contributed by atoms with Gasteiger partial charge in [-0.2, -0.15) is 0 Å². The van der Waals surface area contributed by atoms with Gasteiger partial charge >= 0.3 is 0 Å². The minimum absolute atomic E-state index is 0.0674. The van der Waals surface area contributed by atoms with Gasteiger partial charge in [-0.3, -0.25) is 4.79 Å². The normalized spacial score (nSPS) is 10.5. The molecule has 0 fully saturated rings. The van der Waals surface area contributed by atoms with Gasteiger partial charge < -0.3 is 5.32 Å². The maximum Gasteiger partial charge on any atom is 0.254 e. The van der Waals surface area contributed by atoms with Crippen molar-refractivity contribution >= 4 is 21.8 Å². The number of amides is 1. The zero-order valence-electron chi connectivity index (χ0n) is 8.27. The summed E-state index contributed by atoms with van der Waals surface area (Å²) in [6.45, 7) is 3.52. The predicted octanol–water partition coefficient (Wildman–Crippen LogP) is 2.87. The molecule has 82 valence electrons. The predicted molar refractivity (Wildman–Crippen MR) is 56.7 cm³/mol. The maximum atomic E-state index is 13.2. The molecule has 15 heavy (non-hydrogen) atoms. The number of carbonyl (C=O) groups excluding carboxylic acids is 1. The smallest absolute Gasteiger partial charge is 0.254 e. The zero-order valence-corrected chi connectivity index (χ0v) is 9.86. The lowest BCUT2D eigenvalue weighted by molar-refractivity contribution is 0.0939. The van der Waals surface area contributed by atoms with Crippen molar-refractivity contribution in [2.75, 3.05) is 0 Å². The molecular formula is C10H10BrF2NO. The average molecular weight is 278 g/mol. The highest BCUT2D eigenvalue weighted by atomic mass is 79.9. The zero-order chi connectivity index (χ0) is 11.6. The van der Waals surface area contributed by atoms with Crippen LogP contribution in [0.1, 0.15) is 24.2 Å². The second-order valence-electron chi connectivity index (χ2n) is 3.37. The Morgan fingerprint density at radius 1 is 1.33 bits per heavy atom. The lowest BCUT2D eigenvalue weighted by Gasteiger charge is -2.09. The van der Waals surface area contributed by atoms with Gasteiger partial charge in [0.2, 0.25) is 0 Å². The summed E-state index contributed by atoms with van der Waals surface area (Å²) < 4.78 is 26.1. The van der Waals surface area contributed by atoms with Crippen LogP contribution in [0.3, 0.4) is 0 Å². The Morgan fingerprint density at radius 2 is 1.93 bits per heavy atom. The first-order valence-electron chi connectivity index (χ1n) is 4.37. The van der Waals surface area contributed by atoms with Crippen LogP contribution >= 0.6 is 15.9 Å². The van der Waals surface area contributed by atoms with Crippen LogP contribution in [0.4, 0.5) is 8.78 Å². The molecule has 0 unspecified atom stereocenters. The molecular weight excluding hydrogens is 268 g/mol. The molecule has 0 bridgehead atoms. The third kappa shape index (κ3) is 2.99. The third-order valence-corrected chi connectivity index (χ3v) is 2.28. The van der Waals surface area contributed by atoms with Gasteiger partial charge in [0.15, 0.2) is 0 Å². The summed E-state index contributed by atoms with van der Waals surface area (Å²) in [5, 5.41) is 2.52. The van der Waals surface area contributed by atoms with Crippen molar-refractivity contribution in [3.05, 3.63) is 33.8 Å². The molecule has 5 heteroatoms. The first-order chi connectivity index (χ1) is 6.91. The Kier molecular flexibility index (Phi) is 3.79. The van der Waals surface area contributed by atoms with E-state index in [0.29, 0.717) is 6.07 Å². The van der Waals surface area contributed by atoms with Crippen LogP contribution in [0.15, 0.2) is 16.6 Å². The van der Waals surface area contributed by atoms with Gasteiger partial charge in [-0.05, 0) is 35.8 Å². The Bertz CT molecular complexity index is 393. The molecule has 0 saturated carbocycles. The van der Waals surface area contributed by atoms with Gasteiger partial charge in [-0.15, -0.1) is 0 Å². The number of halogens is 3. The second-order valence-corrected chi connectivity index (χ2v) is 4.23. The minimum Gasteiger partial charge on any atom is -0.350 e. The van der Waals surface area contributed by atoms with E-state index >= 15 is 0 Å². The average Bonchev–Trinajstić information content (AvgIpc) is 2.09. The van der Waals surface area contributed by atoms with Gasteiger partial charge in [-0.1, -0.05) is 0 Å². The van der Waals surface area contributed by atoms with Crippen molar-refractivity contribution in [3.63, 3.8) is 0 Å². The fourth-order valence-electron chi connectivity index (χ4n) is 1.04. The topological polar surface area (TPSA) is 29.1 Å². The Hall–Kier alpha value is -0.970. The summed E-state index contributed by atoms with van der Waals surface area (Å²) in [6, 6.07) is 1.71. The van der Waals surface area contributed by atoms with Crippen molar-refractivity contribution in [2.45, 2.75) is 19.9 Å². The molecule has 1 aromatic rings. The van der Waals surface area contributed by atoms with Gasteiger partial charge in [-0.25, -0.2) is 8.78 Å². The van der Waals surface area contributed by atoms with Gasteiger partial charge in [0.05, 0.1) is 10.0 Å². The number of carbonyl (C=O) groups is 1. The van der Waals surface area contributed by atoms with E-state index in [9.17, 15) is 13.6 Å². The summed E-state index contributed by atoms with van der Waals surface area (Å²) in [4.78, 5) is 11.4. The van der Waals surface area contributed by atoms with Gasteiger partial charge in [0.25, 0.3) is 5.91 Å². The van der Waals surface area contributed by atoms with Crippen LogP contribution < -0.4 is 5.32 Å². The van der Waals surface area contributed by atoms with E-state index in [4.69, 9.17) is 0 Å². The molecule has 0 saturated heterocycles. The molecule has 0 spiro atoms. The Morgan fingerprint density at radius 3 is 2.47 bits per heavy atom. The van der Waals surface area contributed by atoms with Crippen LogP contribution in [0.25, 0.3) is 0 Å². The summed E-state index contributed by atoms with van der Waals surface area (Å²) in [5.74, 6) is -2.15. The number of nitrogens with one attached hydrogen (secondary N) is 1. The van der Waals surface area contributed by atoms with Crippen LogP contribution in [-0.4, -0.2) is 11.9 Å². The molecule has 1 rings (SSSR count). The maximum absolute atomic E-state index is 13.2. The minimum atomic E-state index is -0.867. The van der Waals surface area contributed by atoms with Crippen LogP contribution in [0.5, 0.6) is 0 Å². The molecule has 1 amide bonds. The fourth-order valence-corrected chi connectivity index (χ4v) is 1.38. The molecule has 1 aromatic carbocycles. The van der Waals surface area contributed by atoms with Crippen molar-refractivity contribution in [1.29, 1.82) is 0 Å². The first-order valence-corrected chi connectivity index (χ1v) is 5.16. The Labute approximate surface area is 94.8 Å². The Balaban J connectivity index is 3.04. The highest BCUT2D eigenvalue weighted by Gasteiger charge is 2.15. The van der Waals surface area contributed by atoms with Crippen LogP contribution in [0, 0.1) is 11.6 Å². The summed E-state index contributed by atoms with van der Waals surface area (Å²) >= 11 is 2.89. The lowest BCUT2D eigenvalue weighted by atomic mass is 10.2. The first kappa shape index (κ1) is 12.1. The number of benzene rings is 1. The molecule has 0 atom stereocenters. The largest absolute Gasteiger partial charge is 0.350 e. The number of hydrogen-bond donors (Lipinski definition) is 1. The highest BCUT2D eigenvalue weighted by molar-refractivity contribution is 9.10. The van der Waals surface area contributed by atoms with E-state index in [1.807, 2.05) is 0 Å². The molecule has 0 aliphatic heterocycles. The summed E-state index contributed by atoms with van der Waals surface area (Å²) in [7, 11) is 0. The molecule has 2 nitrogen and oxygen atoms in total. The van der Waals surface area contributed by atoms with Crippen molar-refractivity contribution in [1.82, 2.24) is 5.32 Å². The van der Waals surface area contributed by atoms with Crippen molar-refractivity contribution in [2.24, 2.45) is 0 Å². The van der Waals surface area contributed by atoms with Crippen molar-refractivity contribution < 1.29 is 13.6 Å². The van der Waals surface area contributed by atoms with E-state index in [2.05, 4.69) is 21.2 Å². The molecule has 0 aliphatic rings. The number of hydrogen-bond acceptors (Lipinski definition) is 1. The van der Waals surface area contributed by atoms with E-state index in [1.54, 1.807) is 13.8 Å². The van der Waals surface area contributed by atoms with E-state index in [1.165, 1.54) is 0 Å². The SMILES string of the molecule is CC(C)NC(=O)c1cc(Br)c(F)cc1F. The van der Waals surface area contributed by atoms with E-state index < -0.39 is 17.5 Å². The monoisotopic (exact) mass is 277 g/mol. The summed E-state index contributed by atoms with van der Waals surface area (Å²) in [5.41, 5.74) is -0.169. The van der Waals surface area contributed by atoms with E-state index in [-0.39, 0.29) is 16.1 Å². The lowest BCUT2D eigenvalue weighted by Crippen LogP contribution is -2.30. The molecule has 1 N–H and O–H groups in total. The molecule has 0 heterocycles. The van der Waals surface area contributed by atoms with Gasteiger partial charge in [0.1, 0.15) is 11.6 Å². The molecule has 0 aliphatic carbocycles. The van der Waals surface area contributed by atoms with Gasteiger partial charge in [0, 0.05) is 12.1 Å². The van der Waals surface area contributed by atoms with E-state index in [0.717, 1.165) is 6.07 Å². The second kappa shape index (κ2) is 4.70. The third-order valence-electron chi connectivity index (χ3n) is 1.67. The standard InChI is InChI=1S/C10H10BrF2NO/c1-5(2)14-10(15)6-3-7(11)9(13)4-8(6)12/h3-5H,1-2H3,(H,14,15). The van der Waals surface area contributed by atoms with Crippen LogP contribution in [0.2, 0.25) is 0 Å². The number of rotatable bonds is 2. The van der Waals surface area contributed by atoms with Crippen molar-refractivity contribution in [3.8, 4) is 0 Å². The highest BCUT2D eigenvalue weighted by Crippen LogP contribution is 2.19. The molecule has 0 radical (unpaired) electrons. The van der Waals surface area contributed by atoms with Crippen LogP contribution in [-0.2, 0) is 0 Å². The summed E-state index contributed by atoms with van der Waals surface area (Å²) in [6.07, 6.45) is 0. The quantitative estimate of drug-likeness (QED) is 0.828. The fraction of sp³-hybridized carbons (Fsp3) is 0.300. The molecule has 0 aromatic heterocycles.